The molecule has 3 nitrogen and oxygen atoms in total. The van der Waals surface area contributed by atoms with Gasteiger partial charge in [0.05, 0.1) is 18.8 Å². The van der Waals surface area contributed by atoms with Gasteiger partial charge < -0.3 is 15.9 Å². The predicted octanol–water partition coefficient (Wildman–Crippen LogP) is 1.92. The summed E-state index contributed by atoms with van der Waals surface area (Å²) in [6.07, 6.45) is 15.3. The largest absolute Gasteiger partial charge is 0.395 e. The Bertz CT molecular complexity index is 247. The number of hydrogen-bond acceptors (Lipinski definition) is 3. The number of allylic oxidation sites excluding steroid dienone is 5. The molecule has 0 aromatic heterocycles. The van der Waals surface area contributed by atoms with Gasteiger partial charge in [-0.15, -0.1) is 0 Å². The number of hydrogen-bond donors (Lipinski definition) is 3. The maximum absolute atomic E-state index is 9.39. The second-order valence-corrected chi connectivity index (χ2v) is 4.03. The third-order valence-electron chi connectivity index (χ3n) is 2.40. The fraction of sp³-hybridized carbons (Fsp3) is 0.571. The highest BCUT2D eigenvalue weighted by atomic mass is 16.3. The van der Waals surface area contributed by atoms with Crippen LogP contribution in [-0.4, -0.2) is 29.0 Å². The lowest BCUT2D eigenvalue weighted by molar-refractivity contribution is 0.144. The van der Waals surface area contributed by atoms with Gasteiger partial charge in [-0.25, -0.2) is 0 Å². The molecule has 17 heavy (non-hydrogen) atoms. The van der Waals surface area contributed by atoms with E-state index in [0.717, 1.165) is 6.42 Å². The van der Waals surface area contributed by atoms with Crippen molar-refractivity contribution in [1.29, 1.82) is 0 Å². The molecule has 0 aromatic carbocycles. The minimum atomic E-state index is -0.793. The van der Waals surface area contributed by atoms with Crippen molar-refractivity contribution in [1.82, 2.24) is 0 Å². The third kappa shape index (κ3) is 10.00. The molecule has 0 fully saturated rings. The van der Waals surface area contributed by atoms with E-state index < -0.39 is 12.1 Å². The fourth-order valence-corrected chi connectivity index (χ4v) is 1.24. The van der Waals surface area contributed by atoms with Gasteiger partial charge >= 0.3 is 0 Å². The highest BCUT2D eigenvalue weighted by Crippen LogP contribution is 1.99. The molecule has 0 bridgehead atoms. The molecule has 0 radical (unpaired) electrons. The van der Waals surface area contributed by atoms with Gasteiger partial charge in [0.15, 0.2) is 0 Å². The monoisotopic (exact) mass is 239 g/mol. The molecule has 0 saturated heterocycles. The van der Waals surface area contributed by atoms with Crippen LogP contribution in [0.1, 0.15) is 32.6 Å². The molecule has 0 aliphatic rings. The van der Waals surface area contributed by atoms with Crippen molar-refractivity contribution >= 4 is 0 Å². The molecule has 0 aliphatic heterocycles. The standard InChI is InChI=1S/C14H25NO2/c1-2-3-4-5-6-7-8-9-10-11-14(17)13(15)12-16/h6-11,13-14,16-17H,2-5,12,15H2,1H3. The summed E-state index contributed by atoms with van der Waals surface area (Å²) in [4.78, 5) is 0. The first-order valence-electron chi connectivity index (χ1n) is 6.26. The first-order valence-corrected chi connectivity index (χ1v) is 6.26. The summed E-state index contributed by atoms with van der Waals surface area (Å²) in [5.74, 6) is 0. The Hall–Kier alpha value is -0.900. The first kappa shape index (κ1) is 16.1. The smallest absolute Gasteiger partial charge is 0.0897 e. The van der Waals surface area contributed by atoms with Gasteiger partial charge in [0, 0.05) is 0 Å². The van der Waals surface area contributed by atoms with E-state index in [1.54, 1.807) is 12.2 Å². The van der Waals surface area contributed by atoms with Crippen LogP contribution in [0.2, 0.25) is 0 Å². The summed E-state index contributed by atoms with van der Waals surface area (Å²) in [6, 6.07) is -0.607. The Morgan fingerprint density at radius 1 is 1.12 bits per heavy atom. The van der Waals surface area contributed by atoms with Crippen LogP contribution >= 0.6 is 0 Å². The molecule has 4 N–H and O–H groups in total. The van der Waals surface area contributed by atoms with Gasteiger partial charge in [0.25, 0.3) is 0 Å². The summed E-state index contributed by atoms with van der Waals surface area (Å²) in [7, 11) is 0. The molecular weight excluding hydrogens is 214 g/mol. The zero-order valence-electron chi connectivity index (χ0n) is 10.6. The van der Waals surface area contributed by atoms with E-state index in [-0.39, 0.29) is 6.61 Å². The number of nitrogens with two attached hydrogens (primary N) is 1. The van der Waals surface area contributed by atoms with Crippen molar-refractivity contribution in [3.63, 3.8) is 0 Å². The van der Waals surface area contributed by atoms with Crippen molar-refractivity contribution in [2.45, 2.75) is 44.8 Å². The Morgan fingerprint density at radius 2 is 1.82 bits per heavy atom. The van der Waals surface area contributed by atoms with Crippen molar-refractivity contribution in [3.05, 3.63) is 36.5 Å². The SMILES string of the molecule is CCCCCC=CC=CC=CC(O)C(N)CO. The van der Waals surface area contributed by atoms with E-state index in [4.69, 9.17) is 10.8 Å². The molecule has 98 valence electrons. The highest BCUT2D eigenvalue weighted by molar-refractivity contribution is 5.12. The average molecular weight is 239 g/mol. The minimum absolute atomic E-state index is 0.216. The van der Waals surface area contributed by atoms with Crippen LogP contribution in [0.4, 0.5) is 0 Å². The Morgan fingerprint density at radius 3 is 2.47 bits per heavy atom. The summed E-state index contributed by atoms with van der Waals surface area (Å²) >= 11 is 0. The van der Waals surface area contributed by atoms with E-state index in [1.807, 2.05) is 18.2 Å². The molecule has 0 heterocycles. The zero-order valence-corrected chi connectivity index (χ0v) is 10.6. The lowest BCUT2D eigenvalue weighted by atomic mass is 10.1. The second-order valence-electron chi connectivity index (χ2n) is 4.03. The number of rotatable bonds is 9. The van der Waals surface area contributed by atoms with Crippen LogP contribution < -0.4 is 5.73 Å². The van der Waals surface area contributed by atoms with Gasteiger partial charge in [0.2, 0.25) is 0 Å². The van der Waals surface area contributed by atoms with Gasteiger partial charge in [-0.2, -0.15) is 0 Å². The van der Waals surface area contributed by atoms with Crippen LogP contribution in [0.25, 0.3) is 0 Å². The lowest BCUT2D eigenvalue weighted by Gasteiger charge is -2.11. The maximum atomic E-state index is 9.39. The van der Waals surface area contributed by atoms with Gasteiger partial charge in [-0.3, -0.25) is 0 Å². The second kappa shape index (κ2) is 11.6. The molecule has 0 rings (SSSR count). The molecule has 2 unspecified atom stereocenters. The predicted molar refractivity (Wildman–Crippen MR) is 72.6 cm³/mol. The molecule has 0 amide bonds. The lowest BCUT2D eigenvalue weighted by Crippen LogP contribution is -2.36. The number of unbranched alkanes of at least 4 members (excludes halogenated alkanes) is 3. The molecule has 0 spiro atoms. The minimum Gasteiger partial charge on any atom is -0.395 e. The summed E-state index contributed by atoms with van der Waals surface area (Å²) in [5, 5.41) is 18.1. The van der Waals surface area contributed by atoms with Crippen LogP contribution in [0.15, 0.2) is 36.5 Å². The van der Waals surface area contributed by atoms with Gasteiger partial charge in [0.1, 0.15) is 0 Å². The summed E-state index contributed by atoms with van der Waals surface area (Å²) < 4.78 is 0. The van der Waals surface area contributed by atoms with Crippen LogP contribution in [0.3, 0.4) is 0 Å². The first-order chi connectivity index (χ1) is 8.22. The van der Waals surface area contributed by atoms with E-state index in [1.165, 1.54) is 19.3 Å². The fourth-order valence-electron chi connectivity index (χ4n) is 1.24. The van der Waals surface area contributed by atoms with Gasteiger partial charge in [-0.1, -0.05) is 56.2 Å². The Kier molecular flexibility index (Phi) is 11.0. The van der Waals surface area contributed by atoms with Crippen LogP contribution in [0.5, 0.6) is 0 Å². The van der Waals surface area contributed by atoms with E-state index in [9.17, 15) is 5.11 Å². The molecule has 0 aromatic rings. The van der Waals surface area contributed by atoms with E-state index >= 15 is 0 Å². The number of aliphatic hydroxyl groups excluding tert-OH is 2. The van der Waals surface area contributed by atoms with Crippen molar-refractivity contribution in [2.75, 3.05) is 6.61 Å². The van der Waals surface area contributed by atoms with Crippen molar-refractivity contribution in [2.24, 2.45) is 5.73 Å². The van der Waals surface area contributed by atoms with Crippen molar-refractivity contribution < 1.29 is 10.2 Å². The molecule has 0 saturated carbocycles. The normalized spacial score (nSPS) is 16.2. The maximum Gasteiger partial charge on any atom is 0.0897 e. The molecule has 3 heteroatoms. The summed E-state index contributed by atoms with van der Waals surface area (Å²) in [6.45, 7) is 1.98. The van der Waals surface area contributed by atoms with Gasteiger partial charge in [-0.05, 0) is 12.8 Å². The number of aliphatic hydroxyl groups is 2. The molecule has 2 atom stereocenters. The van der Waals surface area contributed by atoms with Crippen molar-refractivity contribution in [3.8, 4) is 0 Å². The summed E-state index contributed by atoms with van der Waals surface area (Å²) in [5.41, 5.74) is 5.44. The van der Waals surface area contributed by atoms with Crippen LogP contribution in [0, 0.1) is 0 Å². The van der Waals surface area contributed by atoms with E-state index in [2.05, 4.69) is 13.0 Å². The highest BCUT2D eigenvalue weighted by Gasteiger charge is 2.08. The zero-order chi connectivity index (χ0) is 12.9. The quantitative estimate of drug-likeness (QED) is 0.425. The molecule has 0 aliphatic carbocycles. The van der Waals surface area contributed by atoms with E-state index in [0.29, 0.717) is 0 Å². The topological polar surface area (TPSA) is 66.5 Å². The third-order valence-corrected chi connectivity index (χ3v) is 2.40. The van der Waals surface area contributed by atoms with Crippen LogP contribution in [-0.2, 0) is 0 Å². The Balaban J connectivity index is 3.68. The average Bonchev–Trinajstić information content (AvgIpc) is 2.35. The molecular formula is C14H25NO2. The Labute approximate surface area is 104 Å².